The minimum atomic E-state index is -0.724. The van der Waals surface area contributed by atoms with E-state index in [1.54, 1.807) is 27.7 Å². The van der Waals surface area contributed by atoms with Crippen molar-refractivity contribution in [1.82, 2.24) is 0 Å². The summed E-state index contributed by atoms with van der Waals surface area (Å²) in [7, 11) is 0. The standard InChI is InChI=1S/C25H40O4/c1-18-16-19(2)21(13-9-11-15-25(5,6)23(28)29)17-20(18)12-8-7-10-14-24(3,4)22(26)27/h16-17H,7-15H2,1-6H3,(H,26,27)(H,28,29). The molecule has 0 aliphatic heterocycles. The second kappa shape index (κ2) is 10.8. The van der Waals surface area contributed by atoms with Crippen molar-refractivity contribution in [2.45, 2.75) is 99.3 Å². The number of aliphatic carboxylic acids is 2. The quantitative estimate of drug-likeness (QED) is 0.376. The zero-order chi connectivity index (χ0) is 22.2. The molecule has 0 bridgehead atoms. The third-order valence-corrected chi connectivity index (χ3v) is 6.20. The number of unbranched alkanes of at least 4 members (excludes halogenated alkanes) is 3. The van der Waals surface area contributed by atoms with Crippen LogP contribution in [0.3, 0.4) is 0 Å². The number of benzene rings is 1. The minimum absolute atomic E-state index is 0.637. The first-order valence-corrected chi connectivity index (χ1v) is 10.9. The molecule has 0 atom stereocenters. The summed E-state index contributed by atoms with van der Waals surface area (Å²) in [5.74, 6) is -1.44. The normalized spacial score (nSPS) is 12.2. The molecule has 4 heteroatoms. The Balaban J connectivity index is 2.53. The lowest BCUT2D eigenvalue weighted by Gasteiger charge is -2.19. The molecular formula is C25H40O4. The van der Waals surface area contributed by atoms with Crippen LogP contribution in [0.2, 0.25) is 0 Å². The third kappa shape index (κ3) is 8.20. The lowest BCUT2D eigenvalue weighted by molar-refractivity contribution is -0.148. The average Bonchev–Trinajstić information content (AvgIpc) is 2.60. The van der Waals surface area contributed by atoms with Gasteiger partial charge in [0.25, 0.3) is 0 Å². The van der Waals surface area contributed by atoms with Crippen LogP contribution in [-0.2, 0) is 22.4 Å². The highest BCUT2D eigenvalue weighted by Crippen LogP contribution is 2.26. The van der Waals surface area contributed by atoms with Gasteiger partial charge in [0.2, 0.25) is 0 Å². The molecule has 0 spiro atoms. The fourth-order valence-electron chi connectivity index (χ4n) is 3.64. The van der Waals surface area contributed by atoms with Gasteiger partial charge in [0.05, 0.1) is 10.8 Å². The van der Waals surface area contributed by atoms with E-state index < -0.39 is 22.8 Å². The molecule has 0 fully saturated rings. The molecule has 1 rings (SSSR count). The van der Waals surface area contributed by atoms with Crippen molar-refractivity contribution in [2.24, 2.45) is 10.8 Å². The average molecular weight is 405 g/mol. The summed E-state index contributed by atoms with van der Waals surface area (Å²) in [6, 6.07) is 4.59. The van der Waals surface area contributed by atoms with Gasteiger partial charge in [0.15, 0.2) is 0 Å². The van der Waals surface area contributed by atoms with Gasteiger partial charge >= 0.3 is 11.9 Å². The van der Waals surface area contributed by atoms with E-state index in [0.29, 0.717) is 12.8 Å². The molecule has 0 unspecified atom stereocenters. The molecular weight excluding hydrogens is 364 g/mol. The molecule has 29 heavy (non-hydrogen) atoms. The molecule has 0 heterocycles. The Labute approximate surface area is 176 Å². The van der Waals surface area contributed by atoms with Gasteiger partial charge < -0.3 is 10.2 Å². The molecule has 4 nitrogen and oxygen atoms in total. The third-order valence-electron chi connectivity index (χ3n) is 6.20. The molecule has 0 aromatic heterocycles. The second-order valence-electron chi connectivity index (χ2n) is 9.85. The number of carboxylic acids is 2. The Morgan fingerprint density at radius 3 is 1.48 bits per heavy atom. The molecule has 0 saturated carbocycles. The van der Waals surface area contributed by atoms with Crippen LogP contribution in [0.4, 0.5) is 0 Å². The fraction of sp³-hybridized carbons (Fsp3) is 0.680. The van der Waals surface area contributed by atoms with E-state index in [0.717, 1.165) is 44.9 Å². The minimum Gasteiger partial charge on any atom is -0.481 e. The first kappa shape index (κ1) is 25.2. The van der Waals surface area contributed by atoms with Gasteiger partial charge in [-0.15, -0.1) is 0 Å². The van der Waals surface area contributed by atoms with Crippen LogP contribution >= 0.6 is 0 Å². The van der Waals surface area contributed by atoms with Crippen molar-refractivity contribution in [3.8, 4) is 0 Å². The largest absolute Gasteiger partial charge is 0.481 e. The fourth-order valence-corrected chi connectivity index (χ4v) is 3.64. The van der Waals surface area contributed by atoms with E-state index >= 15 is 0 Å². The van der Waals surface area contributed by atoms with Crippen LogP contribution in [0, 0.1) is 24.7 Å². The van der Waals surface area contributed by atoms with Gasteiger partial charge in [-0.25, -0.2) is 0 Å². The zero-order valence-corrected chi connectivity index (χ0v) is 19.2. The van der Waals surface area contributed by atoms with Crippen LogP contribution in [0.15, 0.2) is 12.1 Å². The van der Waals surface area contributed by atoms with E-state index in [4.69, 9.17) is 0 Å². The van der Waals surface area contributed by atoms with Crippen molar-refractivity contribution in [1.29, 1.82) is 0 Å². The van der Waals surface area contributed by atoms with Gasteiger partial charge in [-0.2, -0.15) is 0 Å². The number of aryl methyl sites for hydroxylation is 4. The summed E-state index contributed by atoms with van der Waals surface area (Å²) < 4.78 is 0. The molecule has 0 aliphatic carbocycles. The van der Waals surface area contributed by atoms with E-state index in [-0.39, 0.29) is 0 Å². The molecule has 0 radical (unpaired) electrons. The lowest BCUT2D eigenvalue weighted by atomic mass is 9.86. The van der Waals surface area contributed by atoms with Gasteiger partial charge in [-0.3, -0.25) is 9.59 Å². The van der Waals surface area contributed by atoms with Crippen LogP contribution in [0.1, 0.15) is 94.9 Å². The van der Waals surface area contributed by atoms with Crippen LogP contribution in [0.5, 0.6) is 0 Å². The highest BCUT2D eigenvalue weighted by molar-refractivity contribution is 5.73. The van der Waals surface area contributed by atoms with E-state index in [9.17, 15) is 19.8 Å². The van der Waals surface area contributed by atoms with Gasteiger partial charge in [0, 0.05) is 0 Å². The first-order chi connectivity index (χ1) is 13.4. The predicted molar refractivity (Wildman–Crippen MR) is 118 cm³/mol. The van der Waals surface area contributed by atoms with Crippen molar-refractivity contribution >= 4 is 11.9 Å². The highest BCUT2D eigenvalue weighted by atomic mass is 16.4. The smallest absolute Gasteiger partial charge is 0.309 e. The van der Waals surface area contributed by atoms with E-state index in [1.807, 2.05) is 0 Å². The molecule has 0 aliphatic rings. The summed E-state index contributed by atoms with van der Waals surface area (Å²) in [6.45, 7) is 11.5. The van der Waals surface area contributed by atoms with Crippen molar-refractivity contribution in [3.05, 3.63) is 34.4 Å². The Bertz CT molecular complexity index is 701. The molecule has 1 aromatic carbocycles. The van der Waals surface area contributed by atoms with Crippen LogP contribution in [0.25, 0.3) is 0 Å². The zero-order valence-electron chi connectivity index (χ0n) is 19.2. The lowest BCUT2D eigenvalue weighted by Crippen LogP contribution is -2.23. The molecule has 164 valence electrons. The number of rotatable bonds is 13. The molecule has 1 aromatic rings. The summed E-state index contributed by atoms with van der Waals surface area (Å²) >= 11 is 0. The Morgan fingerprint density at radius 2 is 1.07 bits per heavy atom. The maximum absolute atomic E-state index is 11.2. The number of carboxylic acid groups (broad SMARTS) is 2. The maximum Gasteiger partial charge on any atom is 0.309 e. The van der Waals surface area contributed by atoms with E-state index in [1.165, 1.54) is 22.3 Å². The van der Waals surface area contributed by atoms with Gasteiger partial charge in [-0.1, -0.05) is 31.4 Å². The summed E-state index contributed by atoms with van der Waals surface area (Å²) in [6.07, 6.45) is 8.41. The monoisotopic (exact) mass is 404 g/mol. The van der Waals surface area contributed by atoms with Crippen LogP contribution < -0.4 is 0 Å². The number of hydrogen-bond acceptors (Lipinski definition) is 2. The highest BCUT2D eigenvalue weighted by Gasteiger charge is 2.26. The Hall–Kier alpha value is -1.84. The predicted octanol–water partition coefficient (Wildman–Crippen LogP) is 6.34. The Kier molecular flexibility index (Phi) is 9.38. The van der Waals surface area contributed by atoms with Crippen molar-refractivity contribution < 1.29 is 19.8 Å². The van der Waals surface area contributed by atoms with E-state index in [2.05, 4.69) is 26.0 Å². The molecule has 0 amide bonds. The molecule has 2 N–H and O–H groups in total. The second-order valence-corrected chi connectivity index (χ2v) is 9.85. The number of hydrogen-bond donors (Lipinski definition) is 2. The Morgan fingerprint density at radius 1 is 0.690 bits per heavy atom. The first-order valence-electron chi connectivity index (χ1n) is 10.9. The van der Waals surface area contributed by atoms with Crippen LogP contribution in [-0.4, -0.2) is 22.2 Å². The SMILES string of the molecule is Cc1cc(C)c(CCCCC(C)(C)C(=O)O)cc1CCCCCC(C)(C)C(=O)O. The number of carbonyl (C=O) groups is 2. The van der Waals surface area contributed by atoms with Crippen molar-refractivity contribution in [3.63, 3.8) is 0 Å². The van der Waals surface area contributed by atoms with Gasteiger partial charge in [0.1, 0.15) is 0 Å². The van der Waals surface area contributed by atoms with Gasteiger partial charge in [-0.05, 0) is 102 Å². The molecule has 0 saturated heterocycles. The summed E-state index contributed by atoms with van der Waals surface area (Å²) in [5, 5.41) is 18.4. The summed E-state index contributed by atoms with van der Waals surface area (Å²) in [4.78, 5) is 22.4. The topological polar surface area (TPSA) is 74.6 Å². The maximum atomic E-state index is 11.2. The summed E-state index contributed by atoms with van der Waals surface area (Å²) in [5.41, 5.74) is 4.10. The van der Waals surface area contributed by atoms with Crippen molar-refractivity contribution in [2.75, 3.05) is 0 Å².